The van der Waals surface area contributed by atoms with Gasteiger partial charge in [-0.2, -0.15) is 0 Å². The van der Waals surface area contributed by atoms with Crippen LogP contribution in [0.25, 0.3) is 21.5 Å². The van der Waals surface area contributed by atoms with E-state index < -0.39 is 0 Å². The average molecular weight is 384 g/mol. The molecule has 0 spiro atoms. The van der Waals surface area contributed by atoms with Crippen molar-refractivity contribution in [2.75, 3.05) is 5.73 Å². The second-order valence-electron chi connectivity index (χ2n) is 5.66. The number of rotatable bonds is 4. The number of fused-ring (bicyclic) bond motifs is 1. The number of nitrogen functional groups attached to an aromatic ring is 1. The van der Waals surface area contributed by atoms with Gasteiger partial charge in [0, 0.05) is 16.0 Å². The van der Waals surface area contributed by atoms with E-state index in [0.717, 1.165) is 21.5 Å². The molecule has 130 valence electrons. The molecule has 26 heavy (non-hydrogen) atoms. The summed E-state index contributed by atoms with van der Waals surface area (Å²) in [4.78, 5) is 18.3. The van der Waals surface area contributed by atoms with Gasteiger partial charge in [-0.15, -0.1) is 11.3 Å². The van der Waals surface area contributed by atoms with Crippen LogP contribution in [0.5, 0.6) is 0 Å². The molecule has 0 aliphatic rings. The lowest BCUT2D eigenvalue weighted by Crippen LogP contribution is -2.22. The Morgan fingerprint density at radius 1 is 1.19 bits per heavy atom. The predicted molar refractivity (Wildman–Crippen MR) is 104 cm³/mol. The fourth-order valence-corrected chi connectivity index (χ4v) is 3.74. The molecular weight excluding hydrogens is 370 g/mol. The summed E-state index contributed by atoms with van der Waals surface area (Å²) in [5, 5.41) is 4.26. The third-order valence-corrected chi connectivity index (χ3v) is 5.31. The second-order valence-corrected chi connectivity index (χ2v) is 7.10. The average Bonchev–Trinajstić information content (AvgIpc) is 3.28. The normalized spacial score (nSPS) is 11.0. The van der Waals surface area contributed by atoms with Crippen LogP contribution >= 0.6 is 22.9 Å². The number of nitrogens with two attached hydrogens (primary N) is 1. The van der Waals surface area contributed by atoms with Crippen LogP contribution in [0.1, 0.15) is 15.4 Å². The Labute approximate surface area is 158 Å². The number of benzene rings is 1. The summed E-state index contributed by atoms with van der Waals surface area (Å²) in [6.07, 6.45) is 1.57. The topological polar surface area (TPSA) is 81.2 Å². The van der Waals surface area contributed by atoms with Gasteiger partial charge in [-0.3, -0.25) is 4.79 Å². The standard InChI is InChI=1S/C19H14ClN3O2S/c20-12-5-3-11(4-6-12)15-8-7-14-16(21)17(26-19(14)23-15)18(24)22-10-13-2-1-9-25-13/h1-9H,10,21H2,(H,22,24). The van der Waals surface area contributed by atoms with Crippen LogP contribution in [0, 0.1) is 0 Å². The van der Waals surface area contributed by atoms with Gasteiger partial charge in [0.25, 0.3) is 5.91 Å². The van der Waals surface area contributed by atoms with E-state index in [9.17, 15) is 4.79 Å². The summed E-state index contributed by atoms with van der Waals surface area (Å²) in [6.45, 7) is 0.309. The van der Waals surface area contributed by atoms with Crippen molar-refractivity contribution in [1.29, 1.82) is 0 Å². The van der Waals surface area contributed by atoms with Crippen LogP contribution in [-0.4, -0.2) is 10.9 Å². The van der Waals surface area contributed by atoms with Crippen LogP contribution in [0.4, 0.5) is 5.69 Å². The highest BCUT2D eigenvalue weighted by atomic mass is 35.5. The van der Waals surface area contributed by atoms with Gasteiger partial charge >= 0.3 is 0 Å². The number of hydrogen-bond donors (Lipinski definition) is 2. The van der Waals surface area contributed by atoms with Crippen molar-refractivity contribution in [3.63, 3.8) is 0 Å². The van der Waals surface area contributed by atoms with E-state index in [1.54, 1.807) is 18.4 Å². The number of pyridine rings is 1. The zero-order chi connectivity index (χ0) is 18.1. The maximum Gasteiger partial charge on any atom is 0.263 e. The first kappa shape index (κ1) is 16.6. The molecule has 7 heteroatoms. The van der Waals surface area contributed by atoms with E-state index in [0.29, 0.717) is 27.9 Å². The first-order valence-electron chi connectivity index (χ1n) is 7.87. The van der Waals surface area contributed by atoms with Gasteiger partial charge in [0.1, 0.15) is 15.5 Å². The third-order valence-electron chi connectivity index (χ3n) is 3.94. The number of thiophene rings is 1. The maximum atomic E-state index is 12.5. The van der Waals surface area contributed by atoms with Gasteiger partial charge in [0.15, 0.2) is 0 Å². The van der Waals surface area contributed by atoms with E-state index in [1.807, 2.05) is 36.4 Å². The highest BCUT2D eigenvalue weighted by molar-refractivity contribution is 7.21. The van der Waals surface area contributed by atoms with Crippen LogP contribution in [0.3, 0.4) is 0 Å². The number of carbonyl (C=O) groups is 1. The number of nitrogens with one attached hydrogen (secondary N) is 1. The Hall–Kier alpha value is -2.83. The first-order valence-corrected chi connectivity index (χ1v) is 9.07. The number of aromatic nitrogens is 1. The van der Waals surface area contributed by atoms with Crippen molar-refractivity contribution in [3.8, 4) is 11.3 Å². The molecule has 1 amide bonds. The monoisotopic (exact) mass is 383 g/mol. The SMILES string of the molecule is Nc1c(C(=O)NCc2ccco2)sc2nc(-c3ccc(Cl)cc3)ccc12. The summed E-state index contributed by atoms with van der Waals surface area (Å²) in [5.74, 6) is 0.441. The fraction of sp³-hybridized carbons (Fsp3) is 0.0526. The molecule has 5 nitrogen and oxygen atoms in total. The molecule has 0 aliphatic heterocycles. The summed E-state index contributed by atoms with van der Waals surface area (Å²) >= 11 is 7.21. The van der Waals surface area contributed by atoms with E-state index >= 15 is 0 Å². The van der Waals surface area contributed by atoms with Gasteiger partial charge < -0.3 is 15.5 Å². The zero-order valence-electron chi connectivity index (χ0n) is 13.5. The van der Waals surface area contributed by atoms with Crippen molar-refractivity contribution in [2.24, 2.45) is 0 Å². The van der Waals surface area contributed by atoms with Gasteiger partial charge in [-0.1, -0.05) is 23.7 Å². The van der Waals surface area contributed by atoms with E-state index in [2.05, 4.69) is 10.3 Å². The molecule has 0 unspecified atom stereocenters. The first-order chi connectivity index (χ1) is 12.6. The molecule has 4 rings (SSSR count). The molecule has 0 radical (unpaired) electrons. The Kier molecular flexibility index (Phi) is 4.36. The number of halogens is 1. The molecule has 4 aromatic rings. The van der Waals surface area contributed by atoms with E-state index in [1.165, 1.54) is 11.3 Å². The predicted octanol–water partition coefficient (Wildman–Crippen LogP) is 4.72. The van der Waals surface area contributed by atoms with Gasteiger partial charge in [-0.05, 0) is 36.4 Å². The maximum absolute atomic E-state index is 12.5. The summed E-state index contributed by atoms with van der Waals surface area (Å²) in [6, 6.07) is 14.8. The Morgan fingerprint density at radius 3 is 2.73 bits per heavy atom. The lowest BCUT2D eigenvalue weighted by molar-refractivity contribution is 0.0953. The van der Waals surface area contributed by atoms with Crippen molar-refractivity contribution >= 4 is 44.7 Å². The van der Waals surface area contributed by atoms with Crippen LogP contribution in [0.2, 0.25) is 5.02 Å². The number of amides is 1. The number of carbonyl (C=O) groups excluding carboxylic acids is 1. The van der Waals surface area contributed by atoms with E-state index in [4.69, 9.17) is 21.8 Å². The molecule has 3 aromatic heterocycles. The van der Waals surface area contributed by atoms with Gasteiger partial charge in [0.05, 0.1) is 24.2 Å². The lowest BCUT2D eigenvalue weighted by atomic mass is 10.1. The number of furan rings is 1. The number of nitrogens with zero attached hydrogens (tertiary/aromatic N) is 1. The summed E-state index contributed by atoms with van der Waals surface area (Å²) in [5.41, 5.74) is 8.36. The second kappa shape index (κ2) is 6.82. The molecule has 0 aliphatic carbocycles. The number of hydrogen-bond acceptors (Lipinski definition) is 5. The third kappa shape index (κ3) is 3.16. The molecule has 0 saturated heterocycles. The Morgan fingerprint density at radius 2 is 2.00 bits per heavy atom. The van der Waals surface area contributed by atoms with Gasteiger partial charge in [0.2, 0.25) is 0 Å². The minimum atomic E-state index is -0.241. The van der Waals surface area contributed by atoms with Crippen molar-refractivity contribution in [1.82, 2.24) is 10.3 Å². The quantitative estimate of drug-likeness (QED) is 0.534. The molecule has 0 bridgehead atoms. The summed E-state index contributed by atoms with van der Waals surface area (Å²) < 4.78 is 5.22. The van der Waals surface area contributed by atoms with Gasteiger partial charge in [-0.25, -0.2) is 4.98 Å². The van der Waals surface area contributed by atoms with Crippen molar-refractivity contribution < 1.29 is 9.21 Å². The number of anilines is 1. The molecule has 0 atom stereocenters. The summed E-state index contributed by atoms with van der Waals surface area (Å²) in [7, 11) is 0. The highest BCUT2D eigenvalue weighted by Crippen LogP contribution is 2.34. The van der Waals surface area contributed by atoms with Crippen LogP contribution < -0.4 is 11.1 Å². The molecular formula is C19H14ClN3O2S. The largest absolute Gasteiger partial charge is 0.467 e. The molecule has 3 N–H and O–H groups in total. The van der Waals surface area contributed by atoms with Crippen LogP contribution in [-0.2, 0) is 6.54 Å². The molecule has 3 heterocycles. The van der Waals surface area contributed by atoms with Crippen molar-refractivity contribution in [3.05, 3.63) is 70.5 Å². The lowest BCUT2D eigenvalue weighted by Gasteiger charge is -2.02. The minimum Gasteiger partial charge on any atom is -0.467 e. The fourth-order valence-electron chi connectivity index (χ4n) is 2.61. The molecule has 0 fully saturated rings. The highest BCUT2D eigenvalue weighted by Gasteiger charge is 2.18. The minimum absolute atomic E-state index is 0.241. The zero-order valence-corrected chi connectivity index (χ0v) is 15.1. The molecule has 1 aromatic carbocycles. The van der Waals surface area contributed by atoms with Crippen molar-refractivity contribution in [2.45, 2.75) is 6.54 Å². The van der Waals surface area contributed by atoms with Crippen LogP contribution in [0.15, 0.2) is 59.2 Å². The Balaban J connectivity index is 1.63. The van der Waals surface area contributed by atoms with E-state index in [-0.39, 0.29) is 5.91 Å². The Bertz CT molecular complexity index is 1070. The smallest absolute Gasteiger partial charge is 0.263 e. The molecule has 0 saturated carbocycles.